The normalized spacial score (nSPS) is 10.9. The number of aromatic nitrogens is 3. The molecule has 5 heteroatoms. The predicted octanol–water partition coefficient (Wildman–Crippen LogP) is 3.58. The molecule has 0 spiro atoms. The Morgan fingerprint density at radius 2 is 1.80 bits per heavy atom. The van der Waals surface area contributed by atoms with Crippen LogP contribution in [0.25, 0.3) is 16.9 Å². The summed E-state index contributed by atoms with van der Waals surface area (Å²) >= 11 is 5.96. The third-order valence-corrected chi connectivity index (χ3v) is 3.38. The Balaban J connectivity index is 2.20. The Kier molecular flexibility index (Phi) is 3.03. The van der Waals surface area contributed by atoms with Gasteiger partial charge in [0.05, 0.1) is 0 Å². The van der Waals surface area contributed by atoms with Crippen molar-refractivity contribution in [3.63, 3.8) is 0 Å². The maximum atomic E-state index is 11.3. The summed E-state index contributed by atoms with van der Waals surface area (Å²) in [5, 5.41) is 0.430. The van der Waals surface area contributed by atoms with Crippen LogP contribution in [0.2, 0.25) is 5.15 Å². The zero-order valence-electron chi connectivity index (χ0n) is 11.1. The molecule has 0 saturated heterocycles. The van der Waals surface area contributed by atoms with Crippen LogP contribution in [-0.2, 0) is 0 Å². The first-order chi connectivity index (χ1) is 9.56. The molecule has 20 heavy (non-hydrogen) atoms. The average molecular weight is 286 g/mol. The highest BCUT2D eigenvalue weighted by Gasteiger charge is 2.11. The van der Waals surface area contributed by atoms with Gasteiger partial charge in [-0.2, -0.15) is 0 Å². The van der Waals surface area contributed by atoms with Crippen molar-refractivity contribution in [1.82, 2.24) is 14.5 Å². The molecule has 3 aromatic rings. The molecule has 2 heterocycles. The highest BCUT2D eigenvalue weighted by Crippen LogP contribution is 2.21. The second kappa shape index (κ2) is 4.72. The Bertz CT molecular complexity index is 806. The first-order valence-electron chi connectivity index (χ1n) is 6.19. The molecule has 0 unspecified atom stereocenters. The van der Waals surface area contributed by atoms with Crippen molar-refractivity contribution in [1.29, 1.82) is 0 Å². The first kappa shape index (κ1) is 12.8. The number of aryl methyl sites for hydroxylation is 1. The lowest BCUT2D eigenvalue weighted by Gasteiger charge is -2.07. The zero-order valence-corrected chi connectivity index (χ0v) is 11.8. The summed E-state index contributed by atoms with van der Waals surface area (Å²) in [5.74, 6) is 0.871. The van der Waals surface area contributed by atoms with Crippen LogP contribution in [0.15, 0.2) is 36.4 Å². The van der Waals surface area contributed by atoms with Crippen molar-refractivity contribution in [3.8, 4) is 5.69 Å². The Morgan fingerprint density at radius 1 is 1.10 bits per heavy atom. The number of carbonyl (C=O) groups excluding carboxylic acids is 1. The van der Waals surface area contributed by atoms with Crippen molar-refractivity contribution < 1.29 is 4.79 Å². The first-order valence-corrected chi connectivity index (χ1v) is 6.57. The third-order valence-electron chi connectivity index (χ3n) is 3.17. The highest BCUT2D eigenvalue weighted by molar-refractivity contribution is 6.29. The van der Waals surface area contributed by atoms with Gasteiger partial charge in [0.2, 0.25) is 0 Å². The van der Waals surface area contributed by atoms with Crippen molar-refractivity contribution in [2.45, 2.75) is 13.8 Å². The molecular formula is C15H12ClN3O. The fraction of sp³-hybridized carbons (Fsp3) is 0.133. The summed E-state index contributed by atoms with van der Waals surface area (Å²) in [6, 6.07) is 10.9. The number of carbonyl (C=O) groups is 1. The number of rotatable bonds is 2. The monoisotopic (exact) mass is 285 g/mol. The molecule has 3 rings (SSSR count). The number of Topliss-reactive ketones (excluding diaryl/α,β-unsaturated/α-hetero) is 1. The molecule has 0 saturated carbocycles. The van der Waals surface area contributed by atoms with Gasteiger partial charge in [-0.15, -0.1) is 0 Å². The molecule has 4 nitrogen and oxygen atoms in total. The van der Waals surface area contributed by atoms with Gasteiger partial charge >= 0.3 is 0 Å². The van der Waals surface area contributed by atoms with E-state index in [0.717, 1.165) is 17.0 Å². The van der Waals surface area contributed by atoms with Crippen LogP contribution < -0.4 is 0 Å². The molecule has 0 atom stereocenters. The lowest BCUT2D eigenvalue weighted by molar-refractivity contribution is 0.101. The molecule has 0 N–H and O–H groups in total. The lowest BCUT2D eigenvalue weighted by Crippen LogP contribution is -1.99. The van der Waals surface area contributed by atoms with Crippen LogP contribution in [0.4, 0.5) is 0 Å². The molecule has 100 valence electrons. The maximum absolute atomic E-state index is 11.3. The minimum absolute atomic E-state index is 0.0462. The minimum Gasteiger partial charge on any atom is -0.295 e. The van der Waals surface area contributed by atoms with Gasteiger partial charge in [-0.05, 0) is 50.2 Å². The van der Waals surface area contributed by atoms with Gasteiger partial charge in [0.15, 0.2) is 11.4 Å². The van der Waals surface area contributed by atoms with Crippen LogP contribution in [-0.4, -0.2) is 20.3 Å². The summed E-state index contributed by atoms with van der Waals surface area (Å²) < 4.78 is 1.92. The number of nitrogens with zero attached hydrogens (tertiary/aromatic N) is 3. The molecule has 2 aromatic heterocycles. The van der Waals surface area contributed by atoms with E-state index in [1.807, 2.05) is 29.7 Å². The zero-order chi connectivity index (χ0) is 14.3. The molecular weight excluding hydrogens is 274 g/mol. The van der Waals surface area contributed by atoms with E-state index in [2.05, 4.69) is 9.97 Å². The summed E-state index contributed by atoms with van der Waals surface area (Å²) in [6.07, 6.45) is 0. The Hall–Kier alpha value is -2.20. The van der Waals surface area contributed by atoms with Crippen LogP contribution >= 0.6 is 11.6 Å². The van der Waals surface area contributed by atoms with Gasteiger partial charge in [-0.3, -0.25) is 9.36 Å². The summed E-state index contributed by atoms with van der Waals surface area (Å²) in [6.45, 7) is 3.46. The van der Waals surface area contributed by atoms with Crippen LogP contribution in [0.1, 0.15) is 23.1 Å². The number of benzene rings is 1. The quantitative estimate of drug-likeness (QED) is 0.534. The van der Waals surface area contributed by atoms with E-state index in [0.29, 0.717) is 16.4 Å². The largest absolute Gasteiger partial charge is 0.295 e. The Labute approximate surface area is 121 Å². The summed E-state index contributed by atoms with van der Waals surface area (Å²) in [5.41, 5.74) is 3.10. The lowest BCUT2D eigenvalue weighted by atomic mass is 10.1. The number of halogens is 1. The number of hydrogen-bond donors (Lipinski definition) is 0. The second-order valence-electron chi connectivity index (χ2n) is 4.57. The predicted molar refractivity (Wildman–Crippen MR) is 78.6 cm³/mol. The molecule has 0 aliphatic carbocycles. The molecule has 0 fully saturated rings. The number of imidazole rings is 1. The molecule has 0 aliphatic heterocycles. The number of hydrogen-bond acceptors (Lipinski definition) is 3. The maximum Gasteiger partial charge on any atom is 0.166 e. The fourth-order valence-electron chi connectivity index (χ4n) is 2.20. The molecule has 0 radical (unpaired) electrons. The fourth-order valence-corrected chi connectivity index (χ4v) is 2.34. The van der Waals surface area contributed by atoms with E-state index in [9.17, 15) is 4.79 Å². The van der Waals surface area contributed by atoms with Gasteiger partial charge in [-0.25, -0.2) is 9.97 Å². The minimum atomic E-state index is 0.0462. The highest BCUT2D eigenvalue weighted by atomic mass is 35.5. The third kappa shape index (κ3) is 2.08. The van der Waals surface area contributed by atoms with Gasteiger partial charge in [-0.1, -0.05) is 11.6 Å². The van der Waals surface area contributed by atoms with Gasteiger partial charge in [0, 0.05) is 11.3 Å². The molecule has 1 aromatic carbocycles. The van der Waals surface area contributed by atoms with E-state index in [1.54, 1.807) is 25.1 Å². The number of pyridine rings is 1. The molecule has 0 amide bonds. The smallest absolute Gasteiger partial charge is 0.166 e. The van der Waals surface area contributed by atoms with E-state index in [4.69, 9.17) is 11.6 Å². The van der Waals surface area contributed by atoms with E-state index >= 15 is 0 Å². The van der Waals surface area contributed by atoms with Gasteiger partial charge in [0.25, 0.3) is 0 Å². The van der Waals surface area contributed by atoms with Crippen molar-refractivity contribution in [3.05, 3.63) is 52.9 Å². The Morgan fingerprint density at radius 3 is 2.45 bits per heavy atom. The SMILES string of the molecule is CC(=O)c1ccc(-n2c(C)nc3ccc(Cl)nc32)cc1. The van der Waals surface area contributed by atoms with E-state index < -0.39 is 0 Å². The summed E-state index contributed by atoms with van der Waals surface area (Å²) in [4.78, 5) is 20.1. The van der Waals surface area contributed by atoms with Gasteiger partial charge in [0.1, 0.15) is 16.5 Å². The standard InChI is InChI=1S/C15H12ClN3O/c1-9(20)11-3-5-12(6-4-11)19-10(2)17-13-7-8-14(16)18-15(13)19/h3-8H,1-2H3. The second-order valence-corrected chi connectivity index (χ2v) is 4.96. The van der Waals surface area contributed by atoms with E-state index in [1.165, 1.54) is 0 Å². The van der Waals surface area contributed by atoms with Crippen LogP contribution in [0, 0.1) is 6.92 Å². The van der Waals surface area contributed by atoms with Crippen molar-refractivity contribution >= 4 is 28.5 Å². The van der Waals surface area contributed by atoms with E-state index in [-0.39, 0.29) is 5.78 Å². The topological polar surface area (TPSA) is 47.8 Å². The molecule has 0 bridgehead atoms. The average Bonchev–Trinajstić information content (AvgIpc) is 2.74. The van der Waals surface area contributed by atoms with Crippen LogP contribution in [0.5, 0.6) is 0 Å². The summed E-state index contributed by atoms with van der Waals surface area (Å²) in [7, 11) is 0. The van der Waals surface area contributed by atoms with Crippen molar-refractivity contribution in [2.75, 3.05) is 0 Å². The van der Waals surface area contributed by atoms with Crippen molar-refractivity contribution in [2.24, 2.45) is 0 Å². The molecule has 0 aliphatic rings. The number of fused-ring (bicyclic) bond motifs is 1. The van der Waals surface area contributed by atoms with Gasteiger partial charge < -0.3 is 0 Å². The van der Waals surface area contributed by atoms with Crippen LogP contribution in [0.3, 0.4) is 0 Å². The number of ketones is 1.